The van der Waals surface area contributed by atoms with E-state index in [9.17, 15) is 19.8 Å². The zero-order valence-corrected chi connectivity index (χ0v) is 11.7. The van der Waals surface area contributed by atoms with Crippen LogP contribution in [-0.2, 0) is 9.53 Å². The number of likely N-dealkylation sites (tertiary alicyclic amines) is 1. The molecule has 1 aliphatic heterocycles. The van der Waals surface area contributed by atoms with Crippen molar-refractivity contribution in [2.45, 2.75) is 57.9 Å². The van der Waals surface area contributed by atoms with Crippen molar-refractivity contribution in [1.82, 2.24) is 4.90 Å². The Labute approximate surface area is 112 Å². The maximum Gasteiger partial charge on any atom is 0.411 e. The smallest absolute Gasteiger partial charge is 0.411 e. The Bertz CT molecular complexity index is 402. The first-order valence-electron chi connectivity index (χ1n) is 6.55. The number of carboxylic acid groups (broad SMARTS) is 1. The van der Waals surface area contributed by atoms with Gasteiger partial charge in [0.05, 0.1) is 6.10 Å². The van der Waals surface area contributed by atoms with Gasteiger partial charge in [-0.15, -0.1) is 0 Å². The molecule has 2 rings (SSSR count). The summed E-state index contributed by atoms with van der Waals surface area (Å²) < 4.78 is 5.28. The van der Waals surface area contributed by atoms with Gasteiger partial charge in [-0.2, -0.15) is 0 Å². The van der Waals surface area contributed by atoms with Crippen molar-refractivity contribution in [2.75, 3.05) is 0 Å². The molecular formula is C13H21NO5. The van der Waals surface area contributed by atoms with Crippen molar-refractivity contribution in [2.24, 2.45) is 11.8 Å². The van der Waals surface area contributed by atoms with Gasteiger partial charge in [-0.1, -0.05) is 6.92 Å². The van der Waals surface area contributed by atoms with E-state index in [2.05, 4.69) is 0 Å². The molecule has 2 N–H and O–H groups in total. The molecule has 1 saturated carbocycles. The van der Waals surface area contributed by atoms with E-state index in [0.29, 0.717) is 6.42 Å². The lowest BCUT2D eigenvalue weighted by molar-refractivity contribution is -0.148. The minimum atomic E-state index is -1.08. The molecule has 1 heterocycles. The zero-order valence-electron chi connectivity index (χ0n) is 11.7. The fourth-order valence-corrected chi connectivity index (χ4v) is 3.21. The van der Waals surface area contributed by atoms with E-state index < -0.39 is 35.7 Å². The van der Waals surface area contributed by atoms with Crippen LogP contribution in [0.3, 0.4) is 0 Å². The average molecular weight is 271 g/mol. The normalized spacial score (nSPS) is 37.5. The maximum atomic E-state index is 12.2. The topological polar surface area (TPSA) is 87.1 Å². The molecule has 5 atom stereocenters. The first kappa shape index (κ1) is 14.1. The maximum absolute atomic E-state index is 12.2. The number of hydrogen-bond donors (Lipinski definition) is 2. The number of carboxylic acids is 1. The predicted molar refractivity (Wildman–Crippen MR) is 66.6 cm³/mol. The third kappa shape index (κ3) is 2.29. The Morgan fingerprint density at radius 1 is 1.32 bits per heavy atom. The highest BCUT2D eigenvalue weighted by atomic mass is 16.6. The number of nitrogens with zero attached hydrogens (tertiary/aromatic N) is 1. The zero-order chi connectivity index (χ0) is 14.5. The standard InChI is InChI=1S/C13H21NO5/c1-6-8-5-7(10(6)15)9(11(16)17)14(8)12(18)19-13(2,3)4/h6-10,15H,5H2,1-4H3,(H,16,17)/t6?,7-,8-,9?,10?/m0/s1. The minimum Gasteiger partial charge on any atom is -0.480 e. The van der Waals surface area contributed by atoms with Crippen LogP contribution in [0.2, 0.25) is 0 Å². The van der Waals surface area contributed by atoms with Gasteiger partial charge >= 0.3 is 12.1 Å². The molecule has 6 nitrogen and oxygen atoms in total. The van der Waals surface area contributed by atoms with E-state index in [-0.39, 0.29) is 12.0 Å². The molecule has 0 aromatic rings. The molecule has 2 fully saturated rings. The Hall–Kier alpha value is -1.30. The van der Waals surface area contributed by atoms with Crippen LogP contribution in [0.4, 0.5) is 4.79 Å². The summed E-state index contributed by atoms with van der Waals surface area (Å²) in [6, 6.07) is -1.23. The van der Waals surface area contributed by atoms with Gasteiger partial charge < -0.3 is 14.9 Å². The molecule has 0 aromatic carbocycles. The number of ether oxygens (including phenoxy) is 1. The number of aliphatic hydroxyl groups is 1. The second kappa shape index (κ2) is 4.37. The molecule has 0 radical (unpaired) electrons. The number of fused-ring (bicyclic) bond motifs is 2. The average Bonchev–Trinajstić information content (AvgIpc) is 2.74. The summed E-state index contributed by atoms with van der Waals surface area (Å²) in [7, 11) is 0. The number of carbonyl (C=O) groups excluding carboxylic acids is 1. The SMILES string of the molecule is CC1C(O)[C@H]2C[C@@H]1N(C(=O)OC(C)(C)C)C2C(=O)O. The van der Waals surface area contributed by atoms with Crippen LogP contribution in [0.1, 0.15) is 34.1 Å². The molecule has 0 aromatic heterocycles. The number of piperidine rings is 1. The van der Waals surface area contributed by atoms with Crippen LogP contribution < -0.4 is 0 Å². The number of carbonyl (C=O) groups is 2. The lowest BCUT2D eigenvalue weighted by Gasteiger charge is -2.39. The van der Waals surface area contributed by atoms with E-state index >= 15 is 0 Å². The molecule has 0 spiro atoms. The highest BCUT2D eigenvalue weighted by molar-refractivity contribution is 5.82. The highest BCUT2D eigenvalue weighted by Crippen LogP contribution is 2.46. The van der Waals surface area contributed by atoms with Gasteiger partial charge in [0.15, 0.2) is 0 Å². The lowest BCUT2D eigenvalue weighted by atomic mass is 9.90. The van der Waals surface area contributed by atoms with Crippen molar-refractivity contribution in [1.29, 1.82) is 0 Å². The molecule has 2 bridgehead atoms. The fourth-order valence-electron chi connectivity index (χ4n) is 3.21. The largest absolute Gasteiger partial charge is 0.480 e. The first-order chi connectivity index (χ1) is 8.63. The number of amides is 1. The van der Waals surface area contributed by atoms with Crippen molar-refractivity contribution >= 4 is 12.1 Å². The number of rotatable bonds is 1. The number of aliphatic hydroxyl groups excluding tert-OH is 1. The fraction of sp³-hybridized carbons (Fsp3) is 0.846. The molecule has 6 heteroatoms. The summed E-state index contributed by atoms with van der Waals surface area (Å²) >= 11 is 0. The summed E-state index contributed by atoms with van der Waals surface area (Å²) in [5.41, 5.74) is -0.663. The predicted octanol–water partition coefficient (Wildman–Crippen LogP) is 1.08. The molecule has 1 amide bonds. The highest BCUT2D eigenvalue weighted by Gasteiger charge is 2.60. The first-order valence-corrected chi connectivity index (χ1v) is 6.55. The number of hydrogen-bond acceptors (Lipinski definition) is 4. The van der Waals surface area contributed by atoms with Crippen LogP contribution in [0.5, 0.6) is 0 Å². The van der Waals surface area contributed by atoms with E-state index in [1.165, 1.54) is 4.90 Å². The van der Waals surface area contributed by atoms with E-state index in [1.807, 2.05) is 6.92 Å². The molecule has 3 unspecified atom stereocenters. The van der Waals surface area contributed by atoms with Crippen LogP contribution in [0.25, 0.3) is 0 Å². The van der Waals surface area contributed by atoms with Gasteiger partial charge in [0.25, 0.3) is 0 Å². The summed E-state index contributed by atoms with van der Waals surface area (Å²) in [6.45, 7) is 7.07. The second-order valence-corrected chi connectivity index (χ2v) is 6.49. The summed E-state index contributed by atoms with van der Waals surface area (Å²) in [5, 5.41) is 19.3. The van der Waals surface area contributed by atoms with Gasteiger partial charge in [0.2, 0.25) is 0 Å². The van der Waals surface area contributed by atoms with Crippen molar-refractivity contribution < 1.29 is 24.5 Å². The number of aliphatic carboxylic acids is 1. The van der Waals surface area contributed by atoms with Crippen molar-refractivity contribution in [3.8, 4) is 0 Å². The Kier molecular flexibility index (Phi) is 3.24. The molecule has 108 valence electrons. The summed E-state index contributed by atoms with van der Waals surface area (Å²) in [4.78, 5) is 24.8. The van der Waals surface area contributed by atoms with E-state index in [1.54, 1.807) is 20.8 Å². The molecule has 1 aliphatic carbocycles. The second-order valence-electron chi connectivity index (χ2n) is 6.49. The molecular weight excluding hydrogens is 250 g/mol. The summed E-state index contributed by atoms with van der Waals surface area (Å²) in [5.74, 6) is -1.59. The third-order valence-electron chi connectivity index (χ3n) is 4.02. The van der Waals surface area contributed by atoms with Crippen molar-refractivity contribution in [3.63, 3.8) is 0 Å². The molecule has 1 saturated heterocycles. The van der Waals surface area contributed by atoms with Crippen LogP contribution in [0.15, 0.2) is 0 Å². The quantitative estimate of drug-likeness (QED) is 0.745. The van der Waals surface area contributed by atoms with E-state index in [0.717, 1.165) is 0 Å². The van der Waals surface area contributed by atoms with Gasteiger partial charge in [-0.25, -0.2) is 9.59 Å². The van der Waals surface area contributed by atoms with Gasteiger partial charge in [-0.3, -0.25) is 4.90 Å². The third-order valence-corrected chi connectivity index (χ3v) is 4.02. The van der Waals surface area contributed by atoms with Gasteiger partial charge in [0.1, 0.15) is 11.6 Å². The Morgan fingerprint density at radius 3 is 2.37 bits per heavy atom. The van der Waals surface area contributed by atoms with Gasteiger partial charge in [-0.05, 0) is 27.2 Å². The Morgan fingerprint density at radius 2 is 1.89 bits per heavy atom. The van der Waals surface area contributed by atoms with Gasteiger partial charge in [0, 0.05) is 17.9 Å². The molecule has 19 heavy (non-hydrogen) atoms. The Balaban J connectivity index is 2.23. The summed E-state index contributed by atoms with van der Waals surface area (Å²) in [6.07, 6.45) is -0.741. The van der Waals surface area contributed by atoms with Crippen LogP contribution in [-0.4, -0.2) is 51.0 Å². The lowest BCUT2D eigenvalue weighted by Crippen LogP contribution is -2.56. The van der Waals surface area contributed by atoms with Crippen LogP contribution in [0, 0.1) is 11.8 Å². The monoisotopic (exact) mass is 271 g/mol. The van der Waals surface area contributed by atoms with Crippen LogP contribution >= 0.6 is 0 Å². The van der Waals surface area contributed by atoms with Crippen molar-refractivity contribution in [3.05, 3.63) is 0 Å². The van der Waals surface area contributed by atoms with E-state index in [4.69, 9.17) is 4.74 Å². The molecule has 2 aliphatic rings. The minimum absolute atomic E-state index is 0.117.